The molecular formula is C16H26O3. The van der Waals surface area contributed by atoms with Crippen LogP contribution in [0.25, 0.3) is 0 Å². The maximum atomic E-state index is 11.9. The quantitative estimate of drug-likeness (QED) is 0.346. The first-order valence-electron chi connectivity index (χ1n) is 7.54. The van der Waals surface area contributed by atoms with Crippen LogP contribution in [0.1, 0.15) is 39.0 Å². The lowest BCUT2D eigenvalue weighted by atomic mass is 10.00. The van der Waals surface area contributed by atoms with Crippen molar-refractivity contribution < 1.29 is 14.3 Å². The molecule has 108 valence electrons. The van der Waals surface area contributed by atoms with Crippen LogP contribution in [0.4, 0.5) is 0 Å². The van der Waals surface area contributed by atoms with Crippen LogP contribution in [0, 0.1) is 23.7 Å². The lowest BCUT2D eigenvalue weighted by Gasteiger charge is -2.11. The number of carbonyl (C=O) groups is 1. The van der Waals surface area contributed by atoms with E-state index in [2.05, 4.69) is 19.1 Å². The summed E-state index contributed by atoms with van der Waals surface area (Å²) in [5, 5.41) is 0. The Hall–Kier alpha value is -0.670. The van der Waals surface area contributed by atoms with Crippen molar-refractivity contribution in [3.05, 3.63) is 12.2 Å². The molecule has 4 atom stereocenters. The van der Waals surface area contributed by atoms with Crippen LogP contribution in [0.5, 0.6) is 0 Å². The van der Waals surface area contributed by atoms with Crippen LogP contribution in [0.15, 0.2) is 12.2 Å². The molecule has 3 heteroatoms. The van der Waals surface area contributed by atoms with E-state index in [1.54, 1.807) is 7.11 Å². The smallest absolute Gasteiger partial charge is 0.146 e. The first-order chi connectivity index (χ1) is 9.27. The summed E-state index contributed by atoms with van der Waals surface area (Å²) in [6, 6.07) is 0. The van der Waals surface area contributed by atoms with E-state index >= 15 is 0 Å². The van der Waals surface area contributed by atoms with Crippen LogP contribution in [0.3, 0.4) is 0 Å². The molecule has 0 heterocycles. The number of rotatable bonds is 10. The number of methoxy groups -OCH3 is 1. The van der Waals surface area contributed by atoms with Crippen molar-refractivity contribution in [3.63, 3.8) is 0 Å². The molecule has 0 amide bonds. The summed E-state index contributed by atoms with van der Waals surface area (Å²) in [4.78, 5) is 11.9. The van der Waals surface area contributed by atoms with Crippen molar-refractivity contribution >= 4 is 5.78 Å². The maximum Gasteiger partial charge on any atom is 0.146 e. The Morgan fingerprint density at radius 1 is 1.26 bits per heavy atom. The fourth-order valence-electron chi connectivity index (χ4n) is 3.34. The second-order valence-corrected chi connectivity index (χ2v) is 5.84. The molecule has 2 aliphatic rings. The minimum Gasteiger partial charge on any atom is -0.359 e. The maximum absolute atomic E-state index is 11.9. The molecule has 0 aromatic heterocycles. The van der Waals surface area contributed by atoms with Gasteiger partial charge in [0.15, 0.2) is 0 Å². The predicted octanol–water partition coefficient (Wildman–Crippen LogP) is 3.19. The molecule has 0 aromatic carbocycles. The summed E-state index contributed by atoms with van der Waals surface area (Å²) in [5.41, 5.74) is 0. The molecule has 1 fully saturated rings. The van der Waals surface area contributed by atoms with Crippen LogP contribution < -0.4 is 0 Å². The SMILES string of the molecule is CCCCCC(=O)C[C@@H]1[C@H]2C=C[C@@H](COCOC)[C@H]21. The largest absolute Gasteiger partial charge is 0.359 e. The highest BCUT2D eigenvalue weighted by Gasteiger charge is 2.55. The van der Waals surface area contributed by atoms with Gasteiger partial charge < -0.3 is 9.47 Å². The summed E-state index contributed by atoms with van der Waals surface area (Å²) in [6.07, 6.45) is 9.52. The first kappa shape index (κ1) is 14.7. The highest BCUT2D eigenvalue weighted by molar-refractivity contribution is 5.79. The van der Waals surface area contributed by atoms with Crippen LogP contribution in [0.2, 0.25) is 0 Å². The average molecular weight is 266 g/mol. The molecule has 19 heavy (non-hydrogen) atoms. The van der Waals surface area contributed by atoms with Crippen molar-refractivity contribution in [3.8, 4) is 0 Å². The van der Waals surface area contributed by atoms with Gasteiger partial charge in [-0.05, 0) is 24.2 Å². The monoisotopic (exact) mass is 266 g/mol. The van der Waals surface area contributed by atoms with Crippen molar-refractivity contribution in [2.45, 2.75) is 39.0 Å². The molecular weight excluding hydrogens is 240 g/mol. The van der Waals surface area contributed by atoms with E-state index in [0.29, 0.717) is 36.2 Å². The minimum atomic E-state index is 0.363. The highest BCUT2D eigenvalue weighted by Crippen LogP contribution is 2.58. The lowest BCUT2D eigenvalue weighted by Crippen LogP contribution is -2.12. The van der Waals surface area contributed by atoms with Gasteiger partial charge in [0.25, 0.3) is 0 Å². The summed E-state index contributed by atoms with van der Waals surface area (Å²) in [7, 11) is 1.64. The van der Waals surface area contributed by atoms with E-state index in [1.807, 2.05) is 0 Å². The van der Waals surface area contributed by atoms with E-state index < -0.39 is 0 Å². The zero-order chi connectivity index (χ0) is 13.7. The van der Waals surface area contributed by atoms with Gasteiger partial charge in [0.1, 0.15) is 12.6 Å². The highest BCUT2D eigenvalue weighted by atomic mass is 16.7. The number of fused-ring (bicyclic) bond motifs is 1. The van der Waals surface area contributed by atoms with Gasteiger partial charge in [-0.3, -0.25) is 4.79 Å². The second-order valence-electron chi connectivity index (χ2n) is 5.84. The normalized spacial score (nSPS) is 31.5. The van der Waals surface area contributed by atoms with Gasteiger partial charge in [0, 0.05) is 25.9 Å². The Morgan fingerprint density at radius 2 is 2.11 bits per heavy atom. The number of carbonyl (C=O) groups excluding carboxylic acids is 1. The molecule has 0 spiro atoms. The summed E-state index contributed by atoms with van der Waals surface area (Å²) in [6.45, 7) is 3.26. The molecule has 0 N–H and O–H groups in total. The van der Waals surface area contributed by atoms with Crippen molar-refractivity contribution in [1.29, 1.82) is 0 Å². The molecule has 2 aliphatic carbocycles. The lowest BCUT2D eigenvalue weighted by molar-refractivity contribution is -0.119. The Labute approximate surface area is 116 Å². The Morgan fingerprint density at radius 3 is 2.84 bits per heavy atom. The van der Waals surface area contributed by atoms with Crippen LogP contribution in [-0.2, 0) is 14.3 Å². The molecule has 3 nitrogen and oxygen atoms in total. The van der Waals surface area contributed by atoms with Gasteiger partial charge in [-0.1, -0.05) is 31.9 Å². The molecule has 2 rings (SSSR count). The minimum absolute atomic E-state index is 0.363. The molecule has 1 saturated carbocycles. The van der Waals surface area contributed by atoms with Crippen molar-refractivity contribution in [1.82, 2.24) is 0 Å². The van der Waals surface area contributed by atoms with Gasteiger partial charge in [-0.2, -0.15) is 0 Å². The van der Waals surface area contributed by atoms with E-state index in [1.165, 1.54) is 12.8 Å². The number of Topliss-reactive ketones (excluding diaryl/α,β-unsaturated/α-hetero) is 1. The van der Waals surface area contributed by atoms with E-state index in [-0.39, 0.29) is 0 Å². The third kappa shape index (κ3) is 3.90. The summed E-state index contributed by atoms with van der Waals surface area (Å²) < 4.78 is 10.3. The van der Waals surface area contributed by atoms with Gasteiger partial charge in [-0.25, -0.2) is 0 Å². The third-order valence-electron chi connectivity index (χ3n) is 4.40. The second kappa shape index (κ2) is 7.20. The van der Waals surface area contributed by atoms with Gasteiger partial charge in [0.05, 0.1) is 6.61 Å². The summed E-state index contributed by atoms with van der Waals surface area (Å²) >= 11 is 0. The number of ketones is 1. The molecule has 0 unspecified atom stereocenters. The molecule has 0 aromatic rings. The molecule has 0 bridgehead atoms. The van der Waals surface area contributed by atoms with Crippen LogP contribution >= 0.6 is 0 Å². The zero-order valence-electron chi connectivity index (χ0n) is 12.1. The summed E-state index contributed by atoms with van der Waals surface area (Å²) in [5.74, 6) is 2.85. The Balaban J connectivity index is 1.65. The van der Waals surface area contributed by atoms with Crippen LogP contribution in [-0.4, -0.2) is 26.3 Å². The fraction of sp³-hybridized carbons (Fsp3) is 0.812. The standard InChI is InChI=1S/C16H26O3/c1-3-4-5-6-13(17)9-15-14-8-7-12(16(14)15)10-19-11-18-2/h7-8,12,14-16H,3-6,9-11H2,1-2H3/t12-,14+,15+,16+/m0/s1. The third-order valence-corrected chi connectivity index (χ3v) is 4.40. The number of hydrogen-bond acceptors (Lipinski definition) is 3. The zero-order valence-corrected chi connectivity index (χ0v) is 12.1. The Kier molecular flexibility index (Phi) is 5.59. The Bertz CT molecular complexity index is 324. The number of hydrogen-bond donors (Lipinski definition) is 0. The molecule has 0 saturated heterocycles. The van der Waals surface area contributed by atoms with Crippen molar-refractivity contribution in [2.24, 2.45) is 23.7 Å². The first-order valence-corrected chi connectivity index (χ1v) is 7.54. The average Bonchev–Trinajstić information content (AvgIpc) is 2.89. The fourth-order valence-corrected chi connectivity index (χ4v) is 3.34. The predicted molar refractivity (Wildman–Crippen MR) is 74.7 cm³/mol. The van der Waals surface area contributed by atoms with Gasteiger partial charge >= 0.3 is 0 Å². The number of allylic oxidation sites excluding steroid dienone is 1. The van der Waals surface area contributed by atoms with Gasteiger partial charge in [0.2, 0.25) is 0 Å². The molecule has 0 radical (unpaired) electrons. The number of ether oxygens (including phenoxy) is 2. The topological polar surface area (TPSA) is 35.5 Å². The molecule has 0 aliphatic heterocycles. The van der Waals surface area contributed by atoms with E-state index in [0.717, 1.165) is 25.9 Å². The van der Waals surface area contributed by atoms with E-state index in [9.17, 15) is 4.79 Å². The number of unbranched alkanes of at least 4 members (excludes halogenated alkanes) is 2. The van der Waals surface area contributed by atoms with Crippen molar-refractivity contribution in [2.75, 3.05) is 20.5 Å². The van der Waals surface area contributed by atoms with E-state index in [4.69, 9.17) is 9.47 Å². The van der Waals surface area contributed by atoms with Gasteiger partial charge in [-0.15, -0.1) is 0 Å².